The van der Waals surface area contributed by atoms with E-state index in [1.165, 1.54) is 12.1 Å². The molecule has 0 heterocycles. The monoisotopic (exact) mass is 257 g/mol. The van der Waals surface area contributed by atoms with Crippen LogP contribution in [0.5, 0.6) is 5.75 Å². The van der Waals surface area contributed by atoms with Crippen molar-refractivity contribution >= 4 is 9.84 Å². The van der Waals surface area contributed by atoms with E-state index in [2.05, 4.69) is 0 Å². The Morgan fingerprint density at radius 1 is 1.47 bits per heavy atom. The topological polar surface area (TPSA) is 67.2 Å². The van der Waals surface area contributed by atoms with Crippen LogP contribution in [0.2, 0.25) is 0 Å². The Morgan fingerprint density at radius 2 is 2.18 bits per heavy atom. The van der Waals surface area contributed by atoms with Crippen molar-refractivity contribution in [2.24, 2.45) is 0 Å². The number of nitriles is 1. The summed E-state index contributed by atoms with van der Waals surface area (Å²) < 4.78 is 40.6. The van der Waals surface area contributed by atoms with Crippen LogP contribution in [0.1, 0.15) is 12.5 Å². The lowest BCUT2D eigenvalue weighted by molar-refractivity contribution is 0.339. The van der Waals surface area contributed by atoms with Crippen molar-refractivity contribution < 1.29 is 17.5 Å². The minimum Gasteiger partial charge on any atom is -0.492 e. The van der Waals surface area contributed by atoms with Gasteiger partial charge in [-0.15, -0.1) is 0 Å². The smallest absolute Gasteiger partial charge is 0.153 e. The van der Waals surface area contributed by atoms with Crippen LogP contribution in [0, 0.1) is 17.1 Å². The van der Waals surface area contributed by atoms with Crippen LogP contribution in [-0.2, 0) is 9.84 Å². The lowest BCUT2D eigenvalue weighted by atomic mass is 10.2. The highest BCUT2D eigenvalue weighted by molar-refractivity contribution is 7.91. The first-order chi connectivity index (χ1) is 7.98. The van der Waals surface area contributed by atoms with Gasteiger partial charge < -0.3 is 4.74 Å². The first-order valence-electron chi connectivity index (χ1n) is 5.01. The van der Waals surface area contributed by atoms with Crippen LogP contribution in [0.25, 0.3) is 0 Å². The molecule has 17 heavy (non-hydrogen) atoms. The highest BCUT2D eigenvalue weighted by Gasteiger charge is 2.08. The summed E-state index contributed by atoms with van der Waals surface area (Å²) in [6, 6.07) is 5.47. The Balaban J connectivity index is 2.60. The molecule has 0 aromatic heterocycles. The van der Waals surface area contributed by atoms with E-state index in [0.29, 0.717) is 0 Å². The maximum absolute atomic E-state index is 13.2. The fraction of sp³-hybridized carbons (Fsp3) is 0.364. The predicted octanol–water partition coefficient (Wildman–Crippen LogP) is 1.51. The molecule has 0 saturated carbocycles. The number of hydrogen-bond acceptors (Lipinski definition) is 4. The molecule has 6 heteroatoms. The molecule has 92 valence electrons. The fourth-order valence-corrected chi connectivity index (χ4v) is 1.73. The van der Waals surface area contributed by atoms with Gasteiger partial charge in [-0.1, -0.05) is 6.92 Å². The van der Waals surface area contributed by atoms with Crippen molar-refractivity contribution in [3.8, 4) is 11.8 Å². The second kappa shape index (κ2) is 5.64. The number of rotatable bonds is 5. The van der Waals surface area contributed by atoms with E-state index in [-0.39, 0.29) is 29.4 Å². The Hall–Kier alpha value is -1.61. The van der Waals surface area contributed by atoms with Crippen LogP contribution in [0.15, 0.2) is 18.2 Å². The average molecular weight is 257 g/mol. The SMILES string of the molecule is CCS(=O)(=O)CCOc1ccc(C#N)c(F)c1. The van der Waals surface area contributed by atoms with Crippen molar-refractivity contribution in [3.63, 3.8) is 0 Å². The minimum atomic E-state index is -3.08. The predicted molar refractivity (Wildman–Crippen MR) is 60.9 cm³/mol. The molecule has 1 aromatic rings. The quantitative estimate of drug-likeness (QED) is 0.802. The highest BCUT2D eigenvalue weighted by atomic mass is 32.2. The largest absolute Gasteiger partial charge is 0.492 e. The van der Waals surface area contributed by atoms with Crippen molar-refractivity contribution in [2.45, 2.75) is 6.92 Å². The van der Waals surface area contributed by atoms with Gasteiger partial charge >= 0.3 is 0 Å². The fourth-order valence-electron chi connectivity index (χ4n) is 1.11. The molecule has 0 saturated heterocycles. The Labute approximate surface area is 99.6 Å². The molecule has 0 aliphatic heterocycles. The molecule has 0 radical (unpaired) electrons. The molecule has 0 fully saturated rings. The molecule has 0 aliphatic carbocycles. The molecule has 0 atom stereocenters. The summed E-state index contributed by atoms with van der Waals surface area (Å²) in [5, 5.41) is 8.51. The van der Waals surface area contributed by atoms with Crippen molar-refractivity contribution in [1.82, 2.24) is 0 Å². The number of hydrogen-bond donors (Lipinski definition) is 0. The average Bonchev–Trinajstić information content (AvgIpc) is 2.29. The van der Waals surface area contributed by atoms with E-state index < -0.39 is 15.7 Å². The highest BCUT2D eigenvalue weighted by Crippen LogP contribution is 2.15. The Morgan fingerprint density at radius 3 is 2.71 bits per heavy atom. The van der Waals surface area contributed by atoms with Gasteiger partial charge in [0.05, 0.1) is 11.3 Å². The molecule has 0 bridgehead atoms. The lowest BCUT2D eigenvalue weighted by Crippen LogP contribution is -2.15. The third-order valence-corrected chi connectivity index (χ3v) is 3.83. The summed E-state index contributed by atoms with van der Waals surface area (Å²) in [5.41, 5.74) is -0.0708. The standard InChI is InChI=1S/C11H12FNO3S/c1-2-17(14,15)6-5-16-10-4-3-9(8-13)11(12)7-10/h3-4,7H,2,5-6H2,1H3. The van der Waals surface area contributed by atoms with Crippen molar-refractivity contribution in [3.05, 3.63) is 29.6 Å². The molecule has 0 spiro atoms. The van der Waals surface area contributed by atoms with Gasteiger partial charge in [0, 0.05) is 11.8 Å². The molecule has 0 amide bonds. The van der Waals surface area contributed by atoms with Gasteiger partial charge in [-0.05, 0) is 12.1 Å². The van der Waals surface area contributed by atoms with Crippen LogP contribution in [0.4, 0.5) is 4.39 Å². The zero-order valence-corrected chi connectivity index (χ0v) is 10.1. The molecule has 0 N–H and O–H groups in total. The Kier molecular flexibility index (Phi) is 4.46. The third kappa shape index (κ3) is 4.04. The summed E-state index contributed by atoms with van der Waals surface area (Å²) in [6.07, 6.45) is 0. The summed E-state index contributed by atoms with van der Waals surface area (Å²) in [7, 11) is -3.08. The third-order valence-electron chi connectivity index (χ3n) is 2.16. The molecular formula is C11H12FNO3S. The second-order valence-electron chi connectivity index (χ2n) is 3.34. The second-order valence-corrected chi connectivity index (χ2v) is 5.81. The molecule has 4 nitrogen and oxygen atoms in total. The van der Waals surface area contributed by atoms with Gasteiger partial charge in [0.1, 0.15) is 24.2 Å². The lowest BCUT2D eigenvalue weighted by Gasteiger charge is -2.06. The molecule has 1 rings (SSSR count). The number of benzene rings is 1. The summed E-state index contributed by atoms with van der Waals surface area (Å²) in [4.78, 5) is 0. The van der Waals surface area contributed by atoms with Crippen LogP contribution in [-0.4, -0.2) is 26.5 Å². The van der Waals surface area contributed by atoms with Gasteiger partial charge in [0.15, 0.2) is 9.84 Å². The van der Waals surface area contributed by atoms with Crippen molar-refractivity contribution in [2.75, 3.05) is 18.1 Å². The molecule has 0 unspecified atom stereocenters. The van der Waals surface area contributed by atoms with Gasteiger partial charge in [-0.25, -0.2) is 12.8 Å². The van der Waals surface area contributed by atoms with Gasteiger partial charge in [-0.2, -0.15) is 5.26 Å². The molecule has 1 aromatic carbocycles. The summed E-state index contributed by atoms with van der Waals surface area (Å²) in [5.74, 6) is -0.514. The zero-order valence-electron chi connectivity index (χ0n) is 9.31. The Bertz CT molecular complexity index is 534. The number of halogens is 1. The van der Waals surface area contributed by atoms with E-state index in [4.69, 9.17) is 10.00 Å². The van der Waals surface area contributed by atoms with E-state index in [1.807, 2.05) is 0 Å². The zero-order chi connectivity index (χ0) is 12.9. The first-order valence-corrected chi connectivity index (χ1v) is 6.83. The van der Waals surface area contributed by atoms with E-state index >= 15 is 0 Å². The normalized spacial score (nSPS) is 10.9. The number of sulfone groups is 1. The van der Waals surface area contributed by atoms with Crippen LogP contribution in [0.3, 0.4) is 0 Å². The summed E-state index contributed by atoms with van der Waals surface area (Å²) in [6.45, 7) is 1.53. The van der Waals surface area contributed by atoms with Crippen LogP contribution >= 0.6 is 0 Å². The number of ether oxygens (including phenoxy) is 1. The first kappa shape index (κ1) is 13.5. The number of nitrogens with zero attached hydrogens (tertiary/aromatic N) is 1. The minimum absolute atomic E-state index is 0.0263. The van der Waals surface area contributed by atoms with E-state index in [1.54, 1.807) is 13.0 Å². The van der Waals surface area contributed by atoms with Gasteiger partial charge in [0.2, 0.25) is 0 Å². The maximum atomic E-state index is 13.2. The molecular weight excluding hydrogens is 245 g/mol. The van der Waals surface area contributed by atoms with Gasteiger partial charge in [-0.3, -0.25) is 0 Å². The van der Waals surface area contributed by atoms with E-state index in [9.17, 15) is 12.8 Å². The molecule has 0 aliphatic rings. The van der Waals surface area contributed by atoms with Crippen molar-refractivity contribution in [1.29, 1.82) is 5.26 Å². The van der Waals surface area contributed by atoms with Gasteiger partial charge in [0.25, 0.3) is 0 Å². The summed E-state index contributed by atoms with van der Waals surface area (Å²) >= 11 is 0. The maximum Gasteiger partial charge on any atom is 0.153 e. The van der Waals surface area contributed by atoms with E-state index in [0.717, 1.165) is 6.07 Å². The van der Waals surface area contributed by atoms with Crippen LogP contribution < -0.4 is 4.74 Å².